The van der Waals surface area contributed by atoms with Crippen molar-refractivity contribution in [2.75, 3.05) is 6.61 Å². The Kier molecular flexibility index (Phi) is 4.62. The average Bonchev–Trinajstić information content (AvgIpc) is 2.27. The molecule has 1 aromatic carbocycles. The van der Waals surface area contributed by atoms with Crippen LogP contribution in [0.1, 0.15) is 5.56 Å². The molecule has 0 unspecified atom stereocenters. The van der Waals surface area contributed by atoms with Crippen molar-refractivity contribution >= 4 is 49.2 Å². The topological polar surface area (TPSA) is 27.7 Å². The normalized spacial score (nSPS) is 15.0. The summed E-state index contributed by atoms with van der Waals surface area (Å²) in [5.74, 6) is 1.59. The summed E-state index contributed by atoms with van der Waals surface area (Å²) in [5.41, 5.74) is 0.979. The Labute approximate surface area is 117 Å². The summed E-state index contributed by atoms with van der Waals surface area (Å²) in [6.45, 7) is 0.954. The second-order valence-corrected chi connectivity index (χ2v) is 13.4. The van der Waals surface area contributed by atoms with Gasteiger partial charge in [0.2, 0.25) is 0 Å². The highest BCUT2D eigenvalue weighted by molar-refractivity contribution is 7.64. The third kappa shape index (κ3) is 4.35. The smallest absolute Gasteiger partial charge is 0.517 e. The Morgan fingerprint density at radius 2 is 2.18 bits per heavy atom. The van der Waals surface area contributed by atoms with E-state index in [2.05, 4.69) is 0 Å². The minimum atomic E-state index is -2.60. The molecule has 0 spiro atoms. The van der Waals surface area contributed by atoms with Gasteiger partial charge in [0, 0.05) is 11.6 Å². The fourth-order valence-electron chi connectivity index (χ4n) is 1.32. The number of hydrogen-bond acceptors (Lipinski definition) is 3. The van der Waals surface area contributed by atoms with Crippen LogP contribution in [-0.4, -0.2) is 22.6 Å². The van der Waals surface area contributed by atoms with Crippen molar-refractivity contribution in [2.45, 2.75) is 12.7 Å². The lowest BCUT2D eigenvalue weighted by atomic mass is 10.2. The Balaban J connectivity index is 1.93. The molecule has 1 aliphatic heterocycles. The second-order valence-electron chi connectivity index (χ2n) is 3.46. The summed E-state index contributed by atoms with van der Waals surface area (Å²) in [7, 11) is 0.0712. The molecule has 0 aromatic heterocycles. The van der Waals surface area contributed by atoms with E-state index in [9.17, 15) is 0 Å². The van der Waals surface area contributed by atoms with Crippen molar-refractivity contribution < 1.29 is 13.6 Å². The Bertz CT molecular complexity index is 398. The van der Waals surface area contributed by atoms with Crippen molar-refractivity contribution in [3.05, 3.63) is 23.8 Å². The standard InChI is InChI=1S/C9H9Cl3O3Si2/c10-17(11,12)4-3-13-8-1-2-9-7(5-8)6-14-16-15-9/h1-2,5H,3-4,6H2. The van der Waals surface area contributed by atoms with Crippen molar-refractivity contribution in [3.8, 4) is 11.5 Å². The predicted molar refractivity (Wildman–Crippen MR) is 71.2 cm³/mol. The van der Waals surface area contributed by atoms with Crippen LogP contribution in [-0.2, 0) is 11.0 Å². The molecule has 1 aromatic rings. The first-order valence-corrected chi connectivity index (χ1v) is 11.0. The average molecular weight is 328 g/mol. The highest BCUT2D eigenvalue weighted by Gasteiger charge is 2.24. The molecular formula is C9H9Cl3O3Si2. The van der Waals surface area contributed by atoms with Gasteiger partial charge in [-0.1, -0.05) is 0 Å². The molecule has 0 N–H and O–H groups in total. The monoisotopic (exact) mass is 326 g/mol. The third-order valence-electron chi connectivity index (χ3n) is 2.12. The van der Waals surface area contributed by atoms with Crippen LogP contribution in [0.3, 0.4) is 0 Å². The van der Waals surface area contributed by atoms with Crippen molar-refractivity contribution in [2.24, 2.45) is 0 Å². The van der Waals surface area contributed by atoms with Crippen LogP contribution in [0.15, 0.2) is 18.2 Å². The van der Waals surface area contributed by atoms with Crippen molar-refractivity contribution in [1.29, 1.82) is 0 Å². The zero-order valence-corrected chi connectivity index (χ0v) is 13.0. The zero-order chi connectivity index (χ0) is 12.3. The number of halogens is 3. The largest absolute Gasteiger partial charge is 0.521 e. The van der Waals surface area contributed by atoms with Gasteiger partial charge in [0.15, 0.2) is 0 Å². The van der Waals surface area contributed by atoms with Gasteiger partial charge in [0.25, 0.3) is 0 Å². The minimum absolute atomic E-state index is 0.0712. The summed E-state index contributed by atoms with van der Waals surface area (Å²) in [4.78, 5) is 0. The Morgan fingerprint density at radius 1 is 1.35 bits per heavy atom. The summed E-state index contributed by atoms with van der Waals surface area (Å²) in [6.07, 6.45) is 0. The molecule has 2 radical (unpaired) electrons. The molecule has 8 heteroatoms. The quantitative estimate of drug-likeness (QED) is 0.628. The van der Waals surface area contributed by atoms with Gasteiger partial charge < -0.3 is 13.6 Å². The Hall–Kier alpha value is 0.0838. The molecule has 0 amide bonds. The molecule has 92 valence electrons. The Morgan fingerprint density at radius 3 is 2.94 bits per heavy atom. The van der Waals surface area contributed by atoms with Crippen LogP contribution in [0.2, 0.25) is 6.04 Å². The molecule has 0 saturated heterocycles. The van der Waals surface area contributed by atoms with Crippen LogP contribution < -0.4 is 9.16 Å². The molecule has 0 saturated carbocycles. The first-order valence-electron chi connectivity index (χ1n) is 4.91. The number of benzene rings is 1. The van der Waals surface area contributed by atoms with Crippen molar-refractivity contribution in [3.63, 3.8) is 0 Å². The van der Waals surface area contributed by atoms with Gasteiger partial charge in [0.1, 0.15) is 11.5 Å². The van der Waals surface area contributed by atoms with E-state index < -0.39 is 6.00 Å². The van der Waals surface area contributed by atoms with Gasteiger partial charge in [-0.15, -0.1) is 33.2 Å². The molecular weight excluding hydrogens is 319 g/mol. The first kappa shape index (κ1) is 13.5. The van der Waals surface area contributed by atoms with E-state index in [4.69, 9.17) is 46.8 Å². The van der Waals surface area contributed by atoms with Gasteiger partial charge in [-0.25, -0.2) is 0 Å². The van der Waals surface area contributed by atoms with E-state index in [0.29, 0.717) is 19.3 Å². The van der Waals surface area contributed by atoms with Crippen LogP contribution >= 0.6 is 33.2 Å². The van der Waals surface area contributed by atoms with E-state index >= 15 is 0 Å². The fraction of sp³-hybridized carbons (Fsp3) is 0.333. The molecule has 0 atom stereocenters. The molecule has 3 nitrogen and oxygen atoms in total. The first-order chi connectivity index (χ1) is 8.04. The van der Waals surface area contributed by atoms with Crippen LogP contribution in [0, 0.1) is 0 Å². The molecule has 1 heterocycles. The van der Waals surface area contributed by atoms with E-state index in [-0.39, 0.29) is 10.0 Å². The highest BCUT2D eigenvalue weighted by Crippen LogP contribution is 2.28. The van der Waals surface area contributed by atoms with Crippen LogP contribution in [0.4, 0.5) is 0 Å². The molecule has 2 rings (SSSR count). The molecule has 0 fully saturated rings. The summed E-state index contributed by atoms with van der Waals surface area (Å²) in [6, 6.07) is 3.48. The lowest BCUT2D eigenvalue weighted by Gasteiger charge is -2.17. The fourth-order valence-corrected chi connectivity index (χ4v) is 2.91. The maximum Gasteiger partial charge on any atom is 0.521 e. The van der Waals surface area contributed by atoms with Gasteiger partial charge in [-0.3, -0.25) is 0 Å². The van der Waals surface area contributed by atoms with Crippen molar-refractivity contribution in [1.82, 2.24) is 0 Å². The van der Waals surface area contributed by atoms with Gasteiger partial charge in [-0.05, 0) is 18.2 Å². The summed E-state index contributed by atoms with van der Waals surface area (Å²) >= 11 is 17.3. The van der Waals surface area contributed by atoms with E-state index in [1.807, 2.05) is 18.2 Å². The maximum atomic E-state index is 5.77. The second kappa shape index (κ2) is 5.82. The van der Waals surface area contributed by atoms with Gasteiger partial charge >= 0.3 is 16.0 Å². The lowest BCUT2D eigenvalue weighted by molar-refractivity contribution is 0.250. The lowest BCUT2D eigenvalue weighted by Crippen LogP contribution is -2.16. The number of hydrogen-bond donors (Lipinski definition) is 0. The van der Waals surface area contributed by atoms with Gasteiger partial charge in [-0.2, -0.15) is 0 Å². The molecule has 0 bridgehead atoms. The minimum Gasteiger partial charge on any atom is -0.517 e. The SMILES string of the molecule is Cl[Si](Cl)(Cl)CCOc1ccc2c(c1)CO[Si]O2. The molecule has 1 aliphatic rings. The van der Waals surface area contributed by atoms with E-state index in [1.165, 1.54) is 0 Å². The van der Waals surface area contributed by atoms with Crippen LogP contribution in [0.5, 0.6) is 11.5 Å². The number of ether oxygens (including phenoxy) is 1. The van der Waals surface area contributed by atoms with E-state index in [1.54, 1.807) is 0 Å². The predicted octanol–water partition coefficient (Wildman–Crippen LogP) is 3.16. The zero-order valence-electron chi connectivity index (χ0n) is 8.71. The number of rotatable bonds is 4. The third-order valence-corrected chi connectivity index (χ3v) is 5.16. The van der Waals surface area contributed by atoms with Crippen LogP contribution in [0.25, 0.3) is 0 Å². The maximum absolute atomic E-state index is 5.77. The summed E-state index contributed by atoms with van der Waals surface area (Å²) < 4.78 is 16.1. The highest BCUT2D eigenvalue weighted by atomic mass is 35.8. The molecule has 17 heavy (non-hydrogen) atoms. The van der Waals surface area contributed by atoms with E-state index in [0.717, 1.165) is 17.1 Å². The molecule has 0 aliphatic carbocycles. The number of fused-ring (bicyclic) bond motifs is 1. The summed E-state index contributed by atoms with van der Waals surface area (Å²) in [5, 5.41) is 0. The van der Waals surface area contributed by atoms with Gasteiger partial charge in [0.05, 0.1) is 13.2 Å².